The van der Waals surface area contributed by atoms with Gasteiger partial charge in [-0.25, -0.2) is 4.98 Å². The highest BCUT2D eigenvalue weighted by Gasteiger charge is 2.17. The maximum atomic E-state index is 12.8. The molecule has 10 nitrogen and oxygen atoms in total. The number of nitrogens with zero attached hydrogens (tertiary/aromatic N) is 3. The molecule has 0 bridgehead atoms. The average Bonchev–Trinajstić information content (AvgIpc) is 2.79. The molecule has 31 heavy (non-hydrogen) atoms. The van der Waals surface area contributed by atoms with E-state index in [9.17, 15) is 14.4 Å². The Morgan fingerprint density at radius 3 is 2.61 bits per heavy atom. The number of hydrogen-bond donors (Lipinski definition) is 2. The zero-order valence-electron chi connectivity index (χ0n) is 17.4. The van der Waals surface area contributed by atoms with Crippen LogP contribution < -0.4 is 25.7 Å². The van der Waals surface area contributed by atoms with Crippen LogP contribution in [-0.2, 0) is 22.7 Å². The molecule has 0 aliphatic rings. The lowest BCUT2D eigenvalue weighted by Gasteiger charge is -2.15. The van der Waals surface area contributed by atoms with Gasteiger partial charge in [0.25, 0.3) is 5.56 Å². The number of ether oxygens (including phenoxy) is 2. The summed E-state index contributed by atoms with van der Waals surface area (Å²) in [5.41, 5.74) is 0.854. The molecule has 2 N–H and O–H groups in total. The summed E-state index contributed by atoms with van der Waals surface area (Å²) >= 11 is 0. The normalized spacial score (nSPS) is 11.6. The van der Waals surface area contributed by atoms with Gasteiger partial charge >= 0.3 is 0 Å². The van der Waals surface area contributed by atoms with Gasteiger partial charge in [-0.15, -0.1) is 0 Å². The van der Waals surface area contributed by atoms with Crippen molar-refractivity contribution in [2.45, 2.75) is 26.1 Å². The van der Waals surface area contributed by atoms with Crippen molar-refractivity contribution >= 4 is 22.7 Å². The molecule has 0 aliphatic heterocycles. The minimum Gasteiger partial charge on any atom is -0.493 e. The van der Waals surface area contributed by atoms with E-state index in [2.05, 4.69) is 20.6 Å². The van der Waals surface area contributed by atoms with Crippen molar-refractivity contribution in [1.29, 1.82) is 0 Å². The maximum absolute atomic E-state index is 12.8. The van der Waals surface area contributed by atoms with E-state index in [-0.39, 0.29) is 17.8 Å². The van der Waals surface area contributed by atoms with E-state index in [1.807, 2.05) is 6.07 Å². The molecule has 10 heteroatoms. The van der Waals surface area contributed by atoms with Crippen LogP contribution in [0.5, 0.6) is 11.5 Å². The summed E-state index contributed by atoms with van der Waals surface area (Å²) in [4.78, 5) is 45.6. The smallest absolute Gasteiger partial charge is 0.261 e. The lowest BCUT2D eigenvalue weighted by molar-refractivity contribution is -0.129. The Balaban J connectivity index is 1.66. The molecular formula is C21H23N5O5. The zero-order valence-corrected chi connectivity index (χ0v) is 17.4. The molecule has 1 atom stereocenters. The van der Waals surface area contributed by atoms with E-state index in [4.69, 9.17) is 9.47 Å². The van der Waals surface area contributed by atoms with Gasteiger partial charge in [0.2, 0.25) is 11.8 Å². The van der Waals surface area contributed by atoms with Gasteiger partial charge in [-0.05, 0) is 24.6 Å². The number of amides is 2. The Morgan fingerprint density at radius 1 is 1.19 bits per heavy atom. The predicted octanol–water partition coefficient (Wildman–Crippen LogP) is 0.630. The molecule has 0 aliphatic carbocycles. The number of hydrogen-bond acceptors (Lipinski definition) is 7. The number of rotatable bonds is 8. The topological polar surface area (TPSA) is 124 Å². The third-order valence-corrected chi connectivity index (χ3v) is 4.60. The highest BCUT2D eigenvalue weighted by atomic mass is 16.5. The summed E-state index contributed by atoms with van der Waals surface area (Å²) in [7, 11) is 2.95. The molecule has 3 rings (SSSR count). The summed E-state index contributed by atoms with van der Waals surface area (Å²) < 4.78 is 11.6. The van der Waals surface area contributed by atoms with Crippen molar-refractivity contribution in [3.05, 3.63) is 58.9 Å². The van der Waals surface area contributed by atoms with Crippen LogP contribution in [0.4, 0.5) is 0 Å². The second-order valence-corrected chi connectivity index (χ2v) is 6.77. The fraction of sp³-hybridized carbons (Fsp3) is 0.286. The number of benzene rings is 1. The van der Waals surface area contributed by atoms with Gasteiger partial charge in [-0.1, -0.05) is 6.07 Å². The minimum atomic E-state index is -0.780. The zero-order chi connectivity index (χ0) is 22.4. The van der Waals surface area contributed by atoms with Crippen LogP contribution in [0.25, 0.3) is 10.9 Å². The fourth-order valence-corrected chi connectivity index (χ4v) is 2.95. The number of methoxy groups -OCH3 is 2. The van der Waals surface area contributed by atoms with Gasteiger partial charge in [0.1, 0.15) is 12.6 Å². The summed E-state index contributed by atoms with van der Waals surface area (Å²) in [6.07, 6.45) is 4.57. The summed E-state index contributed by atoms with van der Waals surface area (Å²) in [6, 6.07) is 5.94. The second kappa shape index (κ2) is 9.70. The second-order valence-electron chi connectivity index (χ2n) is 6.77. The first-order chi connectivity index (χ1) is 14.9. The first-order valence-electron chi connectivity index (χ1n) is 9.50. The summed E-state index contributed by atoms with van der Waals surface area (Å²) in [6.45, 7) is 1.58. The third-order valence-electron chi connectivity index (χ3n) is 4.60. The van der Waals surface area contributed by atoms with Crippen LogP contribution in [0, 0.1) is 0 Å². The van der Waals surface area contributed by atoms with E-state index in [0.717, 1.165) is 5.56 Å². The largest absolute Gasteiger partial charge is 0.493 e. The van der Waals surface area contributed by atoms with Crippen molar-refractivity contribution in [3.63, 3.8) is 0 Å². The van der Waals surface area contributed by atoms with Gasteiger partial charge < -0.3 is 20.1 Å². The monoisotopic (exact) mass is 425 g/mol. The fourth-order valence-electron chi connectivity index (χ4n) is 2.95. The van der Waals surface area contributed by atoms with Crippen LogP contribution in [0.1, 0.15) is 12.5 Å². The van der Waals surface area contributed by atoms with Gasteiger partial charge in [0, 0.05) is 25.0 Å². The van der Waals surface area contributed by atoms with Gasteiger partial charge in [0.15, 0.2) is 11.5 Å². The highest BCUT2D eigenvalue weighted by Crippen LogP contribution is 2.29. The molecule has 0 spiro atoms. The Morgan fingerprint density at radius 2 is 1.94 bits per heavy atom. The molecule has 2 heterocycles. The van der Waals surface area contributed by atoms with E-state index < -0.39 is 17.5 Å². The molecule has 2 amide bonds. The van der Waals surface area contributed by atoms with Crippen LogP contribution in [0.3, 0.4) is 0 Å². The third kappa shape index (κ3) is 5.16. The number of carbonyl (C=O) groups excluding carboxylic acids is 2. The van der Waals surface area contributed by atoms with E-state index in [1.54, 1.807) is 31.5 Å². The predicted molar refractivity (Wildman–Crippen MR) is 113 cm³/mol. The lowest BCUT2D eigenvalue weighted by atomic mass is 10.2. The van der Waals surface area contributed by atoms with Gasteiger partial charge in [0.05, 0.1) is 31.4 Å². The van der Waals surface area contributed by atoms with Crippen molar-refractivity contribution in [1.82, 2.24) is 25.2 Å². The van der Waals surface area contributed by atoms with Gasteiger partial charge in [-0.3, -0.25) is 23.9 Å². The van der Waals surface area contributed by atoms with Crippen molar-refractivity contribution < 1.29 is 19.1 Å². The SMILES string of the molecule is COc1cc2ncn(CC(=O)NC(C)C(=O)NCc3cccnc3)c(=O)c2cc1OC. The van der Waals surface area contributed by atoms with Crippen LogP contribution in [0.2, 0.25) is 0 Å². The number of carbonyl (C=O) groups is 2. The summed E-state index contributed by atoms with van der Waals surface area (Å²) in [5.74, 6) is -0.00991. The van der Waals surface area contributed by atoms with E-state index >= 15 is 0 Å². The molecule has 162 valence electrons. The van der Waals surface area contributed by atoms with Gasteiger partial charge in [-0.2, -0.15) is 0 Å². The molecule has 1 aromatic carbocycles. The van der Waals surface area contributed by atoms with E-state index in [1.165, 1.54) is 31.2 Å². The molecule has 0 radical (unpaired) electrons. The number of pyridine rings is 1. The first kappa shape index (κ1) is 21.8. The Kier molecular flexibility index (Phi) is 6.81. The molecule has 1 unspecified atom stereocenters. The minimum absolute atomic E-state index is 0.281. The van der Waals surface area contributed by atoms with E-state index in [0.29, 0.717) is 23.6 Å². The number of nitrogens with one attached hydrogen (secondary N) is 2. The van der Waals surface area contributed by atoms with Crippen molar-refractivity contribution in [2.24, 2.45) is 0 Å². The maximum Gasteiger partial charge on any atom is 0.261 e. The average molecular weight is 425 g/mol. The van der Waals surface area contributed by atoms with Crippen LogP contribution in [0.15, 0.2) is 47.8 Å². The Hall–Kier alpha value is -3.95. The standard InChI is InChI=1S/C21H23N5O5/c1-13(20(28)23-10-14-5-4-6-22-9-14)25-19(27)11-26-12-24-16-8-18(31-3)17(30-2)7-15(16)21(26)29/h4-9,12-13H,10-11H2,1-3H3,(H,23,28)(H,25,27). The highest BCUT2D eigenvalue weighted by molar-refractivity contribution is 5.87. The van der Waals surface area contributed by atoms with Crippen LogP contribution in [-0.4, -0.2) is 46.6 Å². The first-order valence-corrected chi connectivity index (χ1v) is 9.50. The quantitative estimate of drug-likeness (QED) is 0.542. The molecule has 2 aromatic heterocycles. The Labute approximate surface area is 178 Å². The lowest BCUT2D eigenvalue weighted by Crippen LogP contribution is -2.46. The molecule has 0 saturated carbocycles. The van der Waals surface area contributed by atoms with Crippen molar-refractivity contribution in [3.8, 4) is 11.5 Å². The molecule has 0 saturated heterocycles. The Bertz CT molecular complexity index is 1150. The molecule has 0 fully saturated rings. The van der Waals surface area contributed by atoms with Crippen molar-refractivity contribution in [2.75, 3.05) is 14.2 Å². The number of aromatic nitrogens is 3. The number of fused-ring (bicyclic) bond motifs is 1. The molecular weight excluding hydrogens is 402 g/mol. The van der Waals surface area contributed by atoms with Crippen LogP contribution >= 0.6 is 0 Å². The molecule has 3 aromatic rings. The summed E-state index contributed by atoms with van der Waals surface area (Å²) in [5, 5.41) is 5.60.